The van der Waals surface area contributed by atoms with E-state index in [-0.39, 0.29) is 0 Å². The van der Waals surface area contributed by atoms with Crippen LogP contribution in [0.25, 0.3) is 122 Å². The minimum absolute atomic E-state index is 0.596. The van der Waals surface area contributed by atoms with Crippen LogP contribution in [0, 0.1) is 0 Å². The molecule has 0 radical (unpaired) electrons. The van der Waals surface area contributed by atoms with Crippen molar-refractivity contribution in [3.05, 3.63) is 218 Å². The number of rotatable bonds is 7. The first kappa shape index (κ1) is 36.3. The maximum atomic E-state index is 6.54. The van der Waals surface area contributed by atoms with E-state index in [1.165, 1.54) is 0 Å². The number of hydrogen-bond acceptors (Lipinski definition) is 5. The van der Waals surface area contributed by atoms with Gasteiger partial charge in [-0.05, 0) is 85.3 Å². The molecule has 0 atom stereocenters. The lowest BCUT2D eigenvalue weighted by Crippen LogP contribution is -2.01. The molecule has 0 bridgehead atoms. The zero-order valence-electron chi connectivity index (χ0n) is 34.0. The largest absolute Gasteiger partial charge is 0.435 e. The van der Waals surface area contributed by atoms with Gasteiger partial charge in [0.2, 0.25) is 5.89 Å². The van der Waals surface area contributed by atoms with Crippen molar-refractivity contribution in [2.45, 2.75) is 0 Å². The fraction of sp³-hybridized carbons (Fsp3) is 0. The van der Waals surface area contributed by atoms with Crippen LogP contribution in [-0.4, -0.2) is 19.9 Å². The Balaban J connectivity index is 1.01. The highest BCUT2D eigenvalue weighted by molar-refractivity contribution is 6.23. The van der Waals surface area contributed by atoms with Gasteiger partial charge in [-0.2, -0.15) is 0 Å². The van der Waals surface area contributed by atoms with Gasteiger partial charge in [0, 0.05) is 33.0 Å². The molecular formula is C58H36N4O. The van der Waals surface area contributed by atoms with Crippen molar-refractivity contribution < 1.29 is 4.42 Å². The maximum Gasteiger partial charge on any atom is 0.227 e. The summed E-state index contributed by atoms with van der Waals surface area (Å²) in [6.45, 7) is 0. The van der Waals surface area contributed by atoms with E-state index in [9.17, 15) is 0 Å². The Morgan fingerprint density at radius 3 is 1.46 bits per heavy atom. The second-order valence-corrected chi connectivity index (χ2v) is 15.8. The predicted molar refractivity (Wildman–Crippen MR) is 258 cm³/mol. The Morgan fingerprint density at radius 1 is 0.254 bits per heavy atom. The van der Waals surface area contributed by atoms with Crippen LogP contribution in [0.3, 0.4) is 0 Å². The van der Waals surface area contributed by atoms with Crippen LogP contribution < -0.4 is 0 Å². The second-order valence-electron chi connectivity index (χ2n) is 15.8. The van der Waals surface area contributed by atoms with Crippen molar-refractivity contribution in [1.29, 1.82) is 0 Å². The molecule has 2 heterocycles. The van der Waals surface area contributed by atoms with E-state index in [1.807, 2.05) is 42.5 Å². The molecule has 5 heteroatoms. The highest BCUT2D eigenvalue weighted by atomic mass is 16.3. The monoisotopic (exact) mass is 804 g/mol. The molecule has 12 aromatic rings. The molecule has 63 heavy (non-hydrogen) atoms. The van der Waals surface area contributed by atoms with Crippen LogP contribution in [0.4, 0.5) is 0 Å². The van der Waals surface area contributed by atoms with Crippen LogP contribution >= 0.6 is 0 Å². The van der Waals surface area contributed by atoms with Gasteiger partial charge in [-0.1, -0.05) is 188 Å². The molecule has 12 rings (SSSR count). The highest BCUT2D eigenvalue weighted by Gasteiger charge is 2.19. The maximum absolute atomic E-state index is 6.54. The Kier molecular flexibility index (Phi) is 8.75. The van der Waals surface area contributed by atoms with E-state index < -0.39 is 0 Å². The van der Waals surface area contributed by atoms with Crippen LogP contribution in [0.5, 0.6) is 0 Å². The van der Waals surface area contributed by atoms with E-state index in [2.05, 4.69) is 176 Å². The van der Waals surface area contributed by atoms with Gasteiger partial charge in [-0.3, -0.25) is 0 Å². The summed E-state index contributed by atoms with van der Waals surface area (Å²) in [4.78, 5) is 20.8. The van der Waals surface area contributed by atoms with Crippen LogP contribution in [-0.2, 0) is 0 Å². The molecule has 2 aromatic heterocycles. The van der Waals surface area contributed by atoms with E-state index in [0.717, 1.165) is 99.1 Å². The third-order valence-corrected chi connectivity index (χ3v) is 12.0. The van der Waals surface area contributed by atoms with Crippen molar-refractivity contribution in [2.24, 2.45) is 0 Å². The van der Waals surface area contributed by atoms with Gasteiger partial charge in [-0.15, -0.1) is 0 Å². The average Bonchev–Trinajstić information content (AvgIpc) is 3.83. The summed E-state index contributed by atoms with van der Waals surface area (Å²) in [6, 6.07) is 75.8. The lowest BCUT2D eigenvalue weighted by Gasteiger charge is -2.14. The number of hydrogen-bond donors (Lipinski definition) is 0. The van der Waals surface area contributed by atoms with Crippen molar-refractivity contribution in [2.75, 3.05) is 0 Å². The van der Waals surface area contributed by atoms with E-state index in [1.54, 1.807) is 0 Å². The molecule has 0 N–H and O–H groups in total. The molecule has 0 aliphatic rings. The summed E-state index contributed by atoms with van der Waals surface area (Å²) < 4.78 is 6.54. The van der Waals surface area contributed by atoms with Gasteiger partial charge in [0.25, 0.3) is 0 Å². The van der Waals surface area contributed by atoms with Crippen LogP contribution in [0.15, 0.2) is 223 Å². The van der Waals surface area contributed by atoms with Crippen molar-refractivity contribution >= 4 is 43.4 Å². The molecule has 0 aliphatic heterocycles. The minimum atomic E-state index is 0.596. The predicted octanol–water partition coefficient (Wildman–Crippen LogP) is 15.1. The Morgan fingerprint density at radius 2 is 0.730 bits per heavy atom. The average molecular weight is 805 g/mol. The highest BCUT2D eigenvalue weighted by Crippen LogP contribution is 2.40. The molecule has 0 amide bonds. The molecule has 5 nitrogen and oxygen atoms in total. The fourth-order valence-corrected chi connectivity index (χ4v) is 8.86. The number of nitrogens with zero attached hydrogens (tertiary/aromatic N) is 4. The van der Waals surface area contributed by atoms with Crippen molar-refractivity contribution in [3.63, 3.8) is 0 Å². The molecular weight excluding hydrogens is 769 g/mol. The number of oxazole rings is 1. The minimum Gasteiger partial charge on any atom is -0.435 e. The smallest absolute Gasteiger partial charge is 0.227 e. The van der Waals surface area contributed by atoms with Gasteiger partial charge in [0.1, 0.15) is 5.52 Å². The summed E-state index contributed by atoms with van der Waals surface area (Å²) in [7, 11) is 0. The lowest BCUT2D eigenvalue weighted by atomic mass is 9.94. The van der Waals surface area contributed by atoms with Gasteiger partial charge < -0.3 is 4.42 Å². The summed E-state index contributed by atoms with van der Waals surface area (Å²) in [5, 5.41) is 6.55. The van der Waals surface area contributed by atoms with Gasteiger partial charge in [0.05, 0.1) is 0 Å². The van der Waals surface area contributed by atoms with Crippen LogP contribution in [0.2, 0.25) is 0 Å². The molecule has 0 saturated heterocycles. The molecule has 0 aliphatic carbocycles. The van der Waals surface area contributed by atoms with E-state index >= 15 is 0 Å². The third-order valence-electron chi connectivity index (χ3n) is 12.0. The molecule has 0 unspecified atom stereocenters. The first-order valence-corrected chi connectivity index (χ1v) is 21.1. The molecule has 10 aromatic carbocycles. The summed E-state index contributed by atoms with van der Waals surface area (Å²) >= 11 is 0. The van der Waals surface area contributed by atoms with Crippen molar-refractivity contribution in [1.82, 2.24) is 19.9 Å². The molecule has 294 valence electrons. The summed E-state index contributed by atoms with van der Waals surface area (Å²) in [5.74, 6) is 2.42. The zero-order valence-corrected chi connectivity index (χ0v) is 34.0. The zero-order chi connectivity index (χ0) is 41.7. The number of benzene rings is 10. The Labute approximate surface area is 363 Å². The van der Waals surface area contributed by atoms with Gasteiger partial charge >= 0.3 is 0 Å². The first-order valence-electron chi connectivity index (χ1n) is 21.1. The normalized spacial score (nSPS) is 11.5. The van der Waals surface area contributed by atoms with Gasteiger partial charge in [0.15, 0.2) is 23.1 Å². The van der Waals surface area contributed by atoms with E-state index in [4.69, 9.17) is 24.4 Å². The molecule has 0 spiro atoms. The quantitative estimate of drug-likeness (QED) is 0.150. The molecule has 0 saturated carbocycles. The first-order chi connectivity index (χ1) is 31.2. The van der Waals surface area contributed by atoms with Gasteiger partial charge in [-0.25, -0.2) is 19.9 Å². The summed E-state index contributed by atoms with van der Waals surface area (Å²) in [5.41, 5.74) is 12.0. The Bertz CT molecular complexity index is 3660. The number of aromatic nitrogens is 4. The summed E-state index contributed by atoms with van der Waals surface area (Å²) in [6.07, 6.45) is 0. The number of fused-ring (bicyclic) bond motifs is 7. The van der Waals surface area contributed by atoms with E-state index in [0.29, 0.717) is 23.4 Å². The molecule has 0 fully saturated rings. The van der Waals surface area contributed by atoms with Crippen LogP contribution in [0.1, 0.15) is 0 Å². The van der Waals surface area contributed by atoms with Crippen molar-refractivity contribution in [3.8, 4) is 79.0 Å². The third kappa shape index (κ3) is 6.51. The lowest BCUT2D eigenvalue weighted by molar-refractivity contribution is 0.623. The topological polar surface area (TPSA) is 64.7 Å². The Hall–Kier alpha value is -8.54. The fourth-order valence-electron chi connectivity index (χ4n) is 8.86. The standard InChI is InChI=1S/C58H36N4O/c1-4-15-37(16-5-1)38-27-29-40(30-28-38)55-60-56(62-57(61-55)51-34-33-45(39-17-6-2-7-18-39)46-23-10-11-25-48(46)51)44-22-14-21-42(35-44)43-31-32-49-47-24-12-13-26-50(47)54-53(52(49)36-43)59-58(63-54)41-19-8-3-9-20-41/h1-36H. The SMILES string of the molecule is c1ccc(-c2ccc(-c3nc(-c4cccc(-c5ccc6c7ccccc7c7oc(-c8ccccc8)nc7c6c5)c4)nc(-c4ccc(-c5ccccc5)c5ccccc45)n3)cc2)cc1. The second kappa shape index (κ2) is 15.2.